The molecule has 0 aliphatic carbocycles. The molecule has 0 saturated heterocycles. The van der Waals surface area contributed by atoms with Gasteiger partial charge in [0.1, 0.15) is 6.10 Å². The van der Waals surface area contributed by atoms with E-state index in [1.165, 1.54) is 0 Å². The van der Waals surface area contributed by atoms with Crippen LogP contribution < -0.4 is 0 Å². The maximum Gasteiger partial charge on any atom is 0.306 e. The maximum absolute atomic E-state index is 11.6. The fourth-order valence-corrected chi connectivity index (χ4v) is 2.23. The van der Waals surface area contributed by atoms with E-state index in [1.807, 2.05) is 42.5 Å². The Balaban J connectivity index is 1.85. The lowest BCUT2D eigenvalue weighted by Gasteiger charge is -2.21. The third-order valence-corrected chi connectivity index (χ3v) is 3.58. The lowest BCUT2D eigenvalue weighted by atomic mass is 10.2. The van der Waals surface area contributed by atoms with Crippen LogP contribution in [0.3, 0.4) is 0 Å². The van der Waals surface area contributed by atoms with E-state index in [-0.39, 0.29) is 11.3 Å². The molecule has 20 heavy (non-hydrogen) atoms. The van der Waals surface area contributed by atoms with Gasteiger partial charge in [-0.3, -0.25) is 4.79 Å². The summed E-state index contributed by atoms with van der Waals surface area (Å²) in [5.41, 5.74) is 1.09. The van der Waals surface area contributed by atoms with Crippen molar-refractivity contribution in [3.8, 4) is 0 Å². The van der Waals surface area contributed by atoms with E-state index >= 15 is 0 Å². The summed E-state index contributed by atoms with van der Waals surface area (Å²) in [4.78, 5) is 11.6. The Bertz CT molecular complexity index is 444. The molecule has 108 valence electrons. The molecule has 2 atom stereocenters. The zero-order chi connectivity index (χ0) is 14.2. The molecule has 0 saturated carbocycles. The second kappa shape index (κ2) is 8.08. The molecule has 1 heterocycles. The van der Waals surface area contributed by atoms with Gasteiger partial charge < -0.3 is 9.47 Å². The Morgan fingerprint density at radius 1 is 1.25 bits per heavy atom. The number of carbonyl (C=O) groups excluding carboxylic acids is 1. The first kappa shape index (κ1) is 15.1. The van der Waals surface area contributed by atoms with Crippen LogP contribution in [0, 0.1) is 0 Å². The highest BCUT2D eigenvalue weighted by Gasteiger charge is 2.23. The van der Waals surface area contributed by atoms with Gasteiger partial charge in [-0.25, -0.2) is 0 Å². The largest absolute Gasteiger partial charge is 0.458 e. The van der Waals surface area contributed by atoms with Crippen molar-refractivity contribution >= 4 is 17.6 Å². The molecule has 1 aliphatic heterocycles. The average Bonchev–Trinajstić information content (AvgIpc) is 2.53. The van der Waals surface area contributed by atoms with Crippen molar-refractivity contribution in [1.29, 1.82) is 0 Å². The monoisotopic (exact) mass is 294 g/mol. The number of cyclic esters (lactones) is 1. The van der Waals surface area contributed by atoms with Gasteiger partial charge in [-0.1, -0.05) is 42.5 Å². The highest BCUT2D eigenvalue weighted by molar-refractivity contribution is 6.21. The van der Waals surface area contributed by atoms with E-state index in [4.69, 9.17) is 21.1 Å². The molecule has 1 aliphatic rings. The van der Waals surface area contributed by atoms with Gasteiger partial charge in [0, 0.05) is 6.42 Å². The molecule has 1 aromatic carbocycles. The number of benzene rings is 1. The Morgan fingerprint density at radius 2 is 2.05 bits per heavy atom. The first-order chi connectivity index (χ1) is 9.75. The average molecular weight is 295 g/mol. The Kier molecular flexibility index (Phi) is 6.09. The molecule has 0 N–H and O–H groups in total. The molecular weight excluding hydrogens is 276 g/mol. The van der Waals surface area contributed by atoms with E-state index in [0.29, 0.717) is 32.5 Å². The molecule has 2 rings (SSSR count). The topological polar surface area (TPSA) is 35.5 Å². The van der Waals surface area contributed by atoms with Gasteiger partial charge >= 0.3 is 5.97 Å². The smallest absolute Gasteiger partial charge is 0.306 e. The van der Waals surface area contributed by atoms with Gasteiger partial charge in [-0.2, -0.15) is 0 Å². The summed E-state index contributed by atoms with van der Waals surface area (Å²) >= 11 is 6.27. The first-order valence-corrected chi connectivity index (χ1v) is 7.29. The van der Waals surface area contributed by atoms with Gasteiger partial charge in [-0.15, -0.1) is 11.6 Å². The number of carbonyl (C=O) groups is 1. The fourth-order valence-electron chi connectivity index (χ4n) is 2.00. The normalized spacial score (nSPS) is 25.1. The second-order valence-corrected chi connectivity index (χ2v) is 5.35. The van der Waals surface area contributed by atoms with Crippen molar-refractivity contribution < 1.29 is 14.3 Å². The maximum atomic E-state index is 11.6. The number of alkyl halides is 1. The zero-order valence-electron chi connectivity index (χ0n) is 11.3. The van der Waals surface area contributed by atoms with Crippen LogP contribution in [0.1, 0.15) is 24.8 Å². The summed E-state index contributed by atoms with van der Waals surface area (Å²) in [5, 5.41) is -0.246. The highest BCUT2D eigenvalue weighted by Crippen LogP contribution is 2.17. The van der Waals surface area contributed by atoms with Crippen LogP contribution in [0.25, 0.3) is 0 Å². The Morgan fingerprint density at radius 3 is 2.85 bits per heavy atom. The summed E-state index contributed by atoms with van der Waals surface area (Å²) in [6.45, 7) is 0.816. The number of ether oxygens (including phenoxy) is 2. The van der Waals surface area contributed by atoms with E-state index < -0.39 is 6.10 Å². The van der Waals surface area contributed by atoms with Crippen molar-refractivity contribution in [1.82, 2.24) is 0 Å². The van der Waals surface area contributed by atoms with Crippen LogP contribution in [0.5, 0.6) is 0 Å². The van der Waals surface area contributed by atoms with Crippen molar-refractivity contribution in [3.63, 3.8) is 0 Å². The van der Waals surface area contributed by atoms with Crippen LogP contribution >= 0.6 is 11.6 Å². The minimum Gasteiger partial charge on any atom is -0.458 e. The van der Waals surface area contributed by atoms with E-state index in [1.54, 1.807) is 0 Å². The van der Waals surface area contributed by atoms with Gasteiger partial charge in [0.05, 0.1) is 18.6 Å². The summed E-state index contributed by atoms with van der Waals surface area (Å²) in [6.07, 6.45) is 5.38. The summed E-state index contributed by atoms with van der Waals surface area (Å²) < 4.78 is 11.0. The van der Waals surface area contributed by atoms with E-state index in [0.717, 1.165) is 5.56 Å². The van der Waals surface area contributed by atoms with Crippen LogP contribution in [0.2, 0.25) is 0 Å². The van der Waals surface area contributed by atoms with Crippen molar-refractivity contribution in [2.24, 2.45) is 0 Å². The van der Waals surface area contributed by atoms with Gasteiger partial charge in [0.2, 0.25) is 0 Å². The molecule has 0 spiro atoms. The molecule has 0 unspecified atom stereocenters. The SMILES string of the molecule is O=C1CC/C=C\C[C@@H](Cl)[C@@H](COCc2ccccc2)O1. The van der Waals surface area contributed by atoms with E-state index in [2.05, 4.69) is 0 Å². The van der Waals surface area contributed by atoms with E-state index in [9.17, 15) is 4.79 Å². The minimum atomic E-state index is -0.393. The minimum absolute atomic E-state index is 0.212. The molecule has 0 radical (unpaired) electrons. The molecule has 0 fully saturated rings. The number of allylic oxidation sites excluding steroid dienone is 2. The summed E-state index contributed by atoms with van der Waals surface area (Å²) in [5.74, 6) is -0.212. The standard InChI is InChI=1S/C16H19ClO3/c17-14-9-5-2-6-10-16(18)20-15(14)12-19-11-13-7-3-1-4-8-13/h1-5,7-8,14-15H,6,9-12H2/b5-2-/t14-,15-/m1/s1. The molecule has 1 aromatic rings. The van der Waals surface area contributed by atoms with Crippen LogP contribution in [-0.4, -0.2) is 24.1 Å². The van der Waals surface area contributed by atoms with Crippen LogP contribution in [0.4, 0.5) is 0 Å². The Hall–Kier alpha value is -1.32. The molecule has 3 nitrogen and oxygen atoms in total. The predicted molar refractivity (Wildman–Crippen MR) is 78.6 cm³/mol. The number of hydrogen-bond donors (Lipinski definition) is 0. The number of rotatable bonds is 4. The van der Waals surface area contributed by atoms with Gasteiger partial charge in [0.25, 0.3) is 0 Å². The summed E-state index contributed by atoms with van der Waals surface area (Å²) in [7, 11) is 0. The van der Waals surface area contributed by atoms with Crippen molar-refractivity contribution in [3.05, 3.63) is 48.0 Å². The van der Waals surface area contributed by atoms with Crippen LogP contribution in [-0.2, 0) is 20.9 Å². The van der Waals surface area contributed by atoms with Gasteiger partial charge in [0.15, 0.2) is 0 Å². The van der Waals surface area contributed by atoms with Crippen molar-refractivity contribution in [2.45, 2.75) is 37.4 Å². The van der Waals surface area contributed by atoms with Crippen LogP contribution in [0.15, 0.2) is 42.5 Å². The summed E-state index contributed by atoms with van der Waals surface area (Å²) in [6, 6.07) is 9.89. The third kappa shape index (κ3) is 4.99. The molecular formula is C16H19ClO3. The molecule has 4 heteroatoms. The number of hydrogen-bond acceptors (Lipinski definition) is 3. The predicted octanol–water partition coefficient (Wildman–Crippen LogP) is 3.46. The third-order valence-electron chi connectivity index (χ3n) is 3.12. The highest BCUT2D eigenvalue weighted by atomic mass is 35.5. The van der Waals surface area contributed by atoms with Crippen molar-refractivity contribution in [2.75, 3.05) is 6.61 Å². The van der Waals surface area contributed by atoms with Gasteiger partial charge in [-0.05, 0) is 18.4 Å². The second-order valence-electron chi connectivity index (χ2n) is 4.79. The fraction of sp³-hybridized carbons (Fsp3) is 0.438. The zero-order valence-corrected chi connectivity index (χ0v) is 12.1. The Labute approximate surface area is 124 Å². The lowest BCUT2D eigenvalue weighted by molar-refractivity contribution is -0.152. The lowest BCUT2D eigenvalue weighted by Crippen LogP contribution is -2.31. The number of halogens is 1. The molecule has 0 aromatic heterocycles. The molecule has 0 amide bonds. The number of esters is 1. The first-order valence-electron chi connectivity index (χ1n) is 6.86. The molecule has 0 bridgehead atoms. The quantitative estimate of drug-likeness (QED) is 0.485.